The van der Waals surface area contributed by atoms with Crippen molar-refractivity contribution in [2.45, 2.75) is 18.8 Å². The minimum absolute atomic E-state index is 0.00546. The fourth-order valence-electron chi connectivity index (χ4n) is 3.86. The number of hydrogen-bond donors (Lipinski definition) is 0. The molecule has 0 saturated carbocycles. The van der Waals surface area contributed by atoms with Crippen molar-refractivity contribution < 1.29 is 18.4 Å². The molecule has 1 atom stereocenters. The van der Waals surface area contributed by atoms with Gasteiger partial charge in [-0.3, -0.25) is 4.79 Å². The van der Waals surface area contributed by atoms with Crippen molar-refractivity contribution in [2.24, 2.45) is 0 Å². The molecule has 0 bridgehead atoms. The molecule has 31 heavy (non-hydrogen) atoms. The molecule has 1 aliphatic rings. The zero-order valence-corrected chi connectivity index (χ0v) is 17.6. The van der Waals surface area contributed by atoms with Crippen LogP contribution in [0.5, 0.6) is 5.75 Å². The molecule has 4 heterocycles. The second-order valence-corrected chi connectivity index (χ2v) is 8.15. The summed E-state index contributed by atoms with van der Waals surface area (Å²) in [4.78, 5) is 27.4. The van der Waals surface area contributed by atoms with E-state index < -0.39 is 5.63 Å². The molecule has 1 aliphatic heterocycles. The number of nitrogens with zero attached hydrogens (tertiary/aromatic N) is 3. The van der Waals surface area contributed by atoms with E-state index in [2.05, 4.69) is 10.2 Å². The van der Waals surface area contributed by atoms with Gasteiger partial charge < -0.3 is 18.5 Å². The van der Waals surface area contributed by atoms with Gasteiger partial charge in [-0.05, 0) is 36.4 Å². The quantitative estimate of drug-likeness (QED) is 0.446. The molecule has 4 aromatic rings. The molecule has 0 aliphatic carbocycles. The highest BCUT2D eigenvalue weighted by Gasteiger charge is 2.30. The number of carbonyl (C=O) groups is 1. The number of thiophene rings is 1. The van der Waals surface area contributed by atoms with Gasteiger partial charge in [0.2, 0.25) is 11.8 Å². The third-order valence-electron chi connectivity index (χ3n) is 5.44. The summed E-state index contributed by atoms with van der Waals surface area (Å²) in [5.74, 6) is 0.994. The van der Waals surface area contributed by atoms with Crippen LogP contribution in [0, 0.1) is 0 Å². The van der Waals surface area contributed by atoms with Gasteiger partial charge in [0.1, 0.15) is 5.56 Å². The first-order chi connectivity index (χ1) is 15.1. The van der Waals surface area contributed by atoms with Gasteiger partial charge in [0.15, 0.2) is 11.3 Å². The smallest absolute Gasteiger partial charge is 0.349 e. The predicted octanol–water partition coefficient (Wildman–Crippen LogP) is 3.93. The van der Waals surface area contributed by atoms with Crippen LogP contribution in [0.15, 0.2) is 54.7 Å². The van der Waals surface area contributed by atoms with E-state index in [0.29, 0.717) is 41.6 Å². The number of para-hydroxylation sites is 1. The van der Waals surface area contributed by atoms with Gasteiger partial charge in [-0.2, -0.15) is 11.3 Å². The van der Waals surface area contributed by atoms with Gasteiger partial charge in [0.05, 0.1) is 13.0 Å². The molecule has 9 heteroatoms. The van der Waals surface area contributed by atoms with Gasteiger partial charge in [-0.15, -0.1) is 10.2 Å². The molecular weight excluding hydrogens is 418 g/mol. The Morgan fingerprint density at radius 2 is 2.16 bits per heavy atom. The van der Waals surface area contributed by atoms with Crippen LogP contribution in [-0.2, 0) is 0 Å². The summed E-state index contributed by atoms with van der Waals surface area (Å²) < 4.78 is 16.5. The number of benzene rings is 1. The third-order valence-corrected chi connectivity index (χ3v) is 6.12. The number of fused-ring (bicyclic) bond motifs is 1. The maximum atomic E-state index is 13.2. The molecule has 158 valence electrons. The van der Waals surface area contributed by atoms with E-state index in [9.17, 15) is 9.59 Å². The Kier molecular flexibility index (Phi) is 5.03. The lowest BCUT2D eigenvalue weighted by Crippen LogP contribution is -2.40. The molecule has 1 saturated heterocycles. The first-order valence-corrected chi connectivity index (χ1v) is 10.8. The van der Waals surface area contributed by atoms with Crippen molar-refractivity contribution in [2.75, 3.05) is 20.2 Å². The number of likely N-dealkylation sites (tertiary alicyclic amines) is 1. The number of carbonyl (C=O) groups excluding carboxylic acids is 1. The van der Waals surface area contributed by atoms with Crippen LogP contribution in [0.3, 0.4) is 0 Å². The van der Waals surface area contributed by atoms with E-state index in [1.54, 1.807) is 40.5 Å². The van der Waals surface area contributed by atoms with Gasteiger partial charge in [-0.25, -0.2) is 4.79 Å². The third kappa shape index (κ3) is 3.61. The molecule has 1 amide bonds. The van der Waals surface area contributed by atoms with Gasteiger partial charge in [0.25, 0.3) is 5.91 Å². The van der Waals surface area contributed by atoms with E-state index in [1.807, 2.05) is 16.8 Å². The standard InChI is InChI=1S/C22H19N3O5S/c1-28-17-6-2-4-13-10-16(22(27)29-18(13)17)21(26)25-8-3-5-14(11-25)19-23-24-20(30-19)15-7-9-31-12-15/h2,4,6-7,9-10,12,14H,3,5,8,11H2,1H3/t14-/m0/s1. The highest BCUT2D eigenvalue weighted by molar-refractivity contribution is 7.08. The number of amides is 1. The first kappa shape index (κ1) is 19.5. The van der Waals surface area contributed by atoms with Crippen LogP contribution >= 0.6 is 11.3 Å². The minimum Gasteiger partial charge on any atom is -0.493 e. The Hall–Kier alpha value is -3.46. The summed E-state index contributed by atoms with van der Waals surface area (Å²) in [5.41, 5.74) is 0.541. The van der Waals surface area contributed by atoms with Crippen molar-refractivity contribution in [3.63, 3.8) is 0 Å². The monoisotopic (exact) mass is 437 g/mol. The maximum absolute atomic E-state index is 13.2. The number of hydrogen-bond acceptors (Lipinski definition) is 8. The van der Waals surface area contributed by atoms with Crippen LogP contribution in [0.4, 0.5) is 0 Å². The maximum Gasteiger partial charge on any atom is 0.349 e. The first-order valence-electron chi connectivity index (χ1n) is 9.90. The molecule has 5 rings (SSSR count). The Morgan fingerprint density at radius 3 is 2.97 bits per heavy atom. The average Bonchev–Trinajstić information content (AvgIpc) is 3.50. The zero-order valence-electron chi connectivity index (χ0n) is 16.7. The van der Waals surface area contributed by atoms with Gasteiger partial charge in [0, 0.05) is 29.4 Å². The zero-order chi connectivity index (χ0) is 21.4. The summed E-state index contributed by atoms with van der Waals surface area (Å²) >= 11 is 1.56. The topological polar surface area (TPSA) is 98.7 Å². The number of piperidine rings is 1. The van der Waals surface area contributed by atoms with Crippen molar-refractivity contribution in [1.29, 1.82) is 0 Å². The van der Waals surface area contributed by atoms with Gasteiger partial charge in [-0.1, -0.05) is 12.1 Å². The molecule has 8 nitrogen and oxygen atoms in total. The lowest BCUT2D eigenvalue weighted by atomic mass is 9.97. The Balaban J connectivity index is 1.40. The van der Waals surface area contributed by atoms with Crippen LogP contribution in [0.25, 0.3) is 22.4 Å². The summed E-state index contributed by atoms with van der Waals surface area (Å²) in [6.07, 6.45) is 1.61. The predicted molar refractivity (Wildman–Crippen MR) is 115 cm³/mol. The molecule has 0 spiro atoms. The van der Waals surface area contributed by atoms with E-state index in [-0.39, 0.29) is 17.4 Å². The average molecular weight is 437 g/mol. The summed E-state index contributed by atoms with van der Waals surface area (Å²) in [6, 6.07) is 8.76. The largest absolute Gasteiger partial charge is 0.493 e. The summed E-state index contributed by atoms with van der Waals surface area (Å²) in [5, 5.41) is 12.9. The summed E-state index contributed by atoms with van der Waals surface area (Å²) in [7, 11) is 1.50. The van der Waals surface area contributed by atoms with E-state index >= 15 is 0 Å². The molecule has 0 unspecified atom stereocenters. The molecule has 0 radical (unpaired) electrons. The number of ether oxygens (including phenoxy) is 1. The van der Waals surface area contributed by atoms with Crippen molar-refractivity contribution in [3.8, 4) is 17.2 Å². The SMILES string of the molecule is COc1cccc2cc(C(=O)N3CCC[C@H](c4nnc(-c5ccsc5)o4)C3)c(=O)oc12. The normalized spacial score (nSPS) is 16.5. The van der Waals surface area contributed by atoms with Crippen molar-refractivity contribution in [3.05, 3.63) is 63.0 Å². The fourth-order valence-corrected chi connectivity index (χ4v) is 4.49. The Bertz CT molecular complexity index is 1290. The van der Waals surface area contributed by atoms with Gasteiger partial charge >= 0.3 is 5.63 Å². The van der Waals surface area contributed by atoms with Crippen LogP contribution in [0.2, 0.25) is 0 Å². The number of aromatic nitrogens is 2. The Labute approximate surface area is 181 Å². The molecule has 1 aromatic carbocycles. The van der Waals surface area contributed by atoms with Crippen LogP contribution in [0.1, 0.15) is 35.0 Å². The molecular formula is C22H19N3O5S. The van der Waals surface area contributed by atoms with Crippen LogP contribution < -0.4 is 10.4 Å². The van der Waals surface area contributed by atoms with Crippen LogP contribution in [-0.4, -0.2) is 41.2 Å². The van der Waals surface area contributed by atoms with Crippen molar-refractivity contribution in [1.82, 2.24) is 15.1 Å². The summed E-state index contributed by atoms with van der Waals surface area (Å²) in [6.45, 7) is 0.955. The fraction of sp³-hybridized carbons (Fsp3) is 0.273. The lowest BCUT2D eigenvalue weighted by Gasteiger charge is -2.30. The number of methoxy groups -OCH3 is 1. The minimum atomic E-state index is -0.679. The van der Waals surface area contributed by atoms with Crippen molar-refractivity contribution >= 4 is 28.2 Å². The second kappa shape index (κ2) is 7.99. The number of rotatable bonds is 4. The lowest BCUT2D eigenvalue weighted by molar-refractivity contribution is 0.0694. The second-order valence-electron chi connectivity index (χ2n) is 7.37. The van der Waals surface area contributed by atoms with E-state index in [1.165, 1.54) is 7.11 Å². The highest BCUT2D eigenvalue weighted by atomic mass is 32.1. The van der Waals surface area contributed by atoms with E-state index in [4.69, 9.17) is 13.6 Å². The van der Waals surface area contributed by atoms with E-state index in [0.717, 1.165) is 18.4 Å². The highest BCUT2D eigenvalue weighted by Crippen LogP contribution is 2.30. The molecule has 1 fully saturated rings. The Morgan fingerprint density at radius 1 is 1.26 bits per heavy atom. The molecule has 3 aromatic heterocycles. The molecule has 0 N–H and O–H groups in total.